The molecule has 0 bridgehead atoms. The summed E-state index contributed by atoms with van der Waals surface area (Å²) < 4.78 is 6.62. The van der Waals surface area contributed by atoms with Gasteiger partial charge in [0.15, 0.2) is 5.82 Å². The molecule has 1 atom stereocenters. The Labute approximate surface area is 65.1 Å². The van der Waals surface area contributed by atoms with Crippen LogP contribution in [-0.2, 0) is 4.74 Å². The number of methoxy groups -OCH3 is 1. The molecule has 2 N–H and O–H groups in total. The summed E-state index contributed by atoms with van der Waals surface area (Å²) in [6.45, 7) is 2.60. The number of aromatic nitrogens is 3. The third-order valence-electron chi connectivity index (χ3n) is 1.39. The average molecular weight is 156 g/mol. The molecule has 0 spiro atoms. The molecule has 0 fully saturated rings. The highest BCUT2D eigenvalue weighted by molar-refractivity contribution is 5.19. The number of hydrogen-bond donors (Lipinski definition) is 1. The van der Waals surface area contributed by atoms with Gasteiger partial charge in [-0.15, -0.1) is 5.10 Å². The molecular weight excluding hydrogens is 144 g/mol. The summed E-state index contributed by atoms with van der Waals surface area (Å²) in [6, 6.07) is 0.185. The molecule has 0 aliphatic rings. The Kier molecular flexibility index (Phi) is 2.43. The van der Waals surface area contributed by atoms with Crippen LogP contribution in [0.2, 0.25) is 0 Å². The van der Waals surface area contributed by atoms with Crippen LogP contribution >= 0.6 is 0 Å². The van der Waals surface area contributed by atoms with Crippen LogP contribution in [-0.4, -0.2) is 28.7 Å². The minimum absolute atomic E-state index is 0.185. The molecule has 5 heteroatoms. The zero-order valence-electron chi connectivity index (χ0n) is 6.69. The van der Waals surface area contributed by atoms with Crippen molar-refractivity contribution in [3.63, 3.8) is 0 Å². The lowest BCUT2D eigenvalue weighted by molar-refractivity contribution is 0.156. The fourth-order valence-electron chi connectivity index (χ4n) is 0.823. The summed E-state index contributed by atoms with van der Waals surface area (Å²) in [5, 5.41) is 7.45. The number of anilines is 1. The lowest BCUT2D eigenvalue weighted by Crippen LogP contribution is -2.11. The quantitative estimate of drug-likeness (QED) is 0.672. The van der Waals surface area contributed by atoms with Crippen molar-refractivity contribution in [2.75, 3.05) is 19.5 Å². The van der Waals surface area contributed by atoms with E-state index in [1.54, 1.807) is 18.0 Å². The van der Waals surface area contributed by atoms with Gasteiger partial charge in [0.25, 0.3) is 0 Å². The minimum atomic E-state index is 0.185. The zero-order chi connectivity index (χ0) is 8.27. The summed E-state index contributed by atoms with van der Waals surface area (Å²) in [5.41, 5.74) is 5.38. The molecule has 0 saturated heterocycles. The van der Waals surface area contributed by atoms with Gasteiger partial charge in [-0.25, -0.2) is 4.68 Å². The summed E-state index contributed by atoms with van der Waals surface area (Å²) in [4.78, 5) is 0. The van der Waals surface area contributed by atoms with E-state index in [1.165, 1.54) is 0 Å². The molecule has 1 aromatic rings. The number of nitrogens with zero attached hydrogens (tertiary/aromatic N) is 3. The van der Waals surface area contributed by atoms with E-state index in [4.69, 9.17) is 10.5 Å². The Bertz CT molecular complexity index is 222. The van der Waals surface area contributed by atoms with E-state index in [9.17, 15) is 0 Å². The van der Waals surface area contributed by atoms with Crippen LogP contribution in [0.15, 0.2) is 6.20 Å². The molecule has 1 aromatic heterocycles. The third-order valence-corrected chi connectivity index (χ3v) is 1.39. The molecular formula is C6H12N4O. The molecule has 0 aromatic carbocycles. The Morgan fingerprint density at radius 3 is 3.00 bits per heavy atom. The standard InChI is InChI=1S/C6H12N4O/c1-5(4-11-2)10-3-6(7)8-9-10/h3,5H,4,7H2,1-2H3/t5-/m1/s1. The highest BCUT2D eigenvalue weighted by Gasteiger charge is 2.04. The van der Waals surface area contributed by atoms with E-state index in [2.05, 4.69) is 10.3 Å². The van der Waals surface area contributed by atoms with Crippen molar-refractivity contribution in [1.82, 2.24) is 15.0 Å². The maximum atomic E-state index is 5.38. The monoisotopic (exact) mass is 156 g/mol. The van der Waals surface area contributed by atoms with Crippen LogP contribution in [0.1, 0.15) is 13.0 Å². The van der Waals surface area contributed by atoms with Crippen molar-refractivity contribution in [3.8, 4) is 0 Å². The van der Waals surface area contributed by atoms with Crippen LogP contribution < -0.4 is 5.73 Å². The van der Waals surface area contributed by atoms with Crippen molar-refractivity contribution in [2.45, 2.75) is 13.0 Å². The molecule has 0 saturated carbocycles. The fraction of sp³-hybridized carbons (Fsp3) is 0.667. The van der Waals surface area contributed by atoms with E-state index < -0.39 is 0 Å². The summed E-state index contributed by atoms with van der Waals surface area (Å²) in [6.07, 6.45) is 1.68. The molecule has 0 aliphatic carbocycles. The lowest BCUT2D eigenvalue weighted by atomic mass is 10.4. The molecule has 5 nitrogen and oxygen atoms in total. The van der Waals surface area contributed by atoms with Crippen molar-refractivity contribution in [2.24, 2.45) is 0 Å². The predicted molar refractivity (Wildman–Crippen MR) is 41.0 cm³/mol. The van der Waals surface area contributed by atoms with Gasteiger partial charge in [-0.05, 0) is 6.92 Å². The molecule has 0 unspecified atom stereocenters. The molecule has 0 aliphatic heterocycles. The summed E-state index contributed by atoms with van der Waals surface area (Å²) >= 11 is 0. The van der Waals surface area contributed by atoms with Crippen molar-refractivity contribution < 1.29 is 4.74 Å². The first-order valence-electron chi connectivity index (χ1n) is 3.40. The summed E-state index contributed by atoms with van der Waals surface area (Å²) in [7, 11) is 1.65. The molecule has 0 radical (unpaired) electrons. The topological polar surface area (TPSA) is 66.0 Å². The Morgan fingerprint density at radius 1 is 1.82 bits per heavy atom. The fourth-order valence-corrected chi connectivity index (χ4v) is 0.823. The second-order valence-corrected chi connectivity index (χ2v) is 2.43. The van der Waals surface area contributed by atoms with Gasteiger partial charge in [0.1, 0.15) is 0 Å². The molecule has 1 heterocycles. The van der Waals surface area contributed by atoms with E-state index in [-0.39, 0.29) is 6.04 Å². The average Bonchev–Trinajstić information content (AvgIpc) is 2.36. The first-order chi connectivity index (χ1) is 5.24. The highest BCUT2D eigenvalue weighted by Crippen LogP contribution is 2.04. The number of ether oxygens (including phenoxy) is 1. The Balaban J connectivity index is 2.60. The molecule has 62 valence electrons. The van der Waals surface area contributed by atoms with Gasteiger partial charge in [0, 0.05) is 7.11 Å². The number of rotatable bonds is 3. The third kappa shape index (κ3) is 1.91. The van der Waals surface area contributed by atoms with Crippen molar-refractivity contribution in [3.05, 3.63) is 6.20 Å². The van der Waals surface area contributed by atoms with E-state index in [0.29, 0.717) is 12.4 Å². The molecule has 11 heavy (non-hydrogen) atoms. The molecule has 0 amide bonds. The Morgan fingerprint density at radius 2 is 2.55 bits per heavy atom. The lowest BCUT2D eigenvalue weighted by Gasteiger charge is -2.08. The van der Waals surface area contributed by atoms with E-state index in [1.807, 2.05) is 6.92 Å². The maximum absolute atomic E-state index is 5.38. The predicted octanol–water partition coefficient (Wildman–Crippen LogP) is 0.0677. The van der Waals surface area contributed by atoms with Gasteiger partial charge < -0.3 is 10.5 Å². The van der Waals surface area contributed by atoms with Gasteiger partial charge in [-0.2, -0.15) is 0 Å². The van der Waals surface area contributed by atoms with Crippen molar-refractivity contribution >= 4 is 5.82 Å². The molecule has 1 rings (SSSR count). The van der Waals surface area contributed by atoms with Crippen LogP contribution in [0.25, 0.3) is 0 Å². The first-order valence-corrected chi connectivity index (χ1v) is 3.40. The van der Waals surface area contributed by atoms with Crippen LogP contribution in [0.3, 0.4) is 0 Å². The highest BCUT2D eigenvalue weighted by atomic mass is 16.5. The SMILES string of the molecule is COC[C@@H](C)n1cc(N)nn1. The summed E-state index contributed by atoms with van der Waals surface area (Å²) in [5.74, 6) is 0.438. The minimum Gasteiger partial charge on any atom is -0.382 e. The Hall–Kier alpha value is -1.10. The van der Waals surface area contributed by atoms with Crippen LogP contribution in [0.4, 0.5) is 5.82 Å². The largest absolute Gasteiger partial charge is 0.382 e. The normalized spacial score (nSPS) is 13.3. The van der Waals surface area contributed by atoms with Gasteiger partial charge >= 0.3 is 0 Å². The first kappa shape index (κ1) is 8.00. The second kappa shape index (κ2) is 3.34. The van der Waals surface area contributed by atoms with E-state index in [0.717, 1.165) is 0 Å². The second-order valence-electron chi connectivity index (χ2n) is 2.43. The van der Waals surface area contributed by atoms with Crippen molar-refractivity contribution in [1.29, 1.82) is 0 Å². The number of nitrogen functional groups attached to an aromatic ring is 1. The van der Waals surface area contributed by atoms with Crippen LogP contribution in [0, 0.1) is 0 Å². The number of nitrogens with two attached hydrogens (primary N) is 1. The van der Waals surface area contributed by atoms with Gasteiger partial charge in [0.05, 0.1) is 18.8 Å². The smallest absolute Gasteiger partial charge is 0.165 e. The van der Waals surface area contributed by atoms with Crippen LogP contribution in [0.5, 0.6) is 0 Å². The maximum Gasteiger partial charge on any atom is 0.165 e. The van der Waals surface area contributed by atoms with E-state index >= 15 is 0 Å². The van der Waals surface area contributed by atoms with Gasteiger partial charge in [0.2, 0.25) is 0 Å². The number of hydrogen-bond acceptors (Lipinski definition) is 4. The zero-order valence-corrected chi connectivity index (χ0v) is 6.69. The van der Waals surface area contributed by atoms with Gasteiger partial charge in [-0.1, -0.05) is 5.21 Å². The van der Waals surface area contributed by atoms with Gasteiger partial charge in [-0.3, -0.25) is 0 Å².